The molecule has 0 aliphatic carbocycles. The van der Waals surface area contributed by atoms with Crippen molar-refractivity contribution >= 4 is 17.6 Å². The topological polar surface area (TPSA) is 98.5 Å². The van der Waals surface area contributed by atoms with Gasteiger partial charge in [0.1, 0.15) is 5.82 Å². The number of ether oxygens (including phenoxy) is 1. The van der Waals surface area contributed by atoms with Crippen LogP contribution in [-0.2, 0) is 16.0 Å². The third-order valence-corrected chi connectivity index (χ3v) is 3.71. The van der Waals surface area contributed by atoms with Crippen LogP contribution in [0.15, 0.2) is 42.5 Å². The molecule has 0 aromatic heterocycles. The van der Waals surface area contributed by atoms with Crippen molar-refractivity contribution in [1.29, 1.82) is 0 Å². The summed E-state index contributed by atoms with van der Waals surface area (Å²) in [6, 6.07) is 9.97. The maximum atomic E-state index is 12.8. The smallest absolute Gasteiger partial charge is 0.339 e. The molecule has 2 aromatic rings. The van der Waals surface area contributed by atoms with Crippen LogP contribution in [0.3, 0.4) is 0 Å². The van der Waals surface area contributed by atoms with Crippen LogP contribution in [0.25, 0.3) is 0 Å². The Hall–Kier alpha value is -3.29. The van der Waals surface area contributed by atoms with E-state index in [9.17, 15) is 24.1 Å². The zero-order chi connectivity index (χ0) is 19.1. The second-order valence-corrected chi connectivity index (χ2v) is 5.51. The predicted octanol–water partition coefficient (Wildman–Crippen LogP) is 2.56. The van der Waals surface area contributed by atoms with Crippen molar-refractivity contribution in [3.63, 3.8) is 0 Å². The largest absolute Gasteiger partial charge is 0.452 e. The number of carbonyl (C=O) groups is 2. The van der Waals surface area contributed by atoms with Gasteiger partial charge in [-0.3, -0.25) is 14.9 Å². The number of nitro benzene ring substituents is 1. The van der Waals surface area contributed by atoms with Gasteiger partial charge in [-0.05, 0) is 37.1 Å². The van der Waals surface area contributed by atoms with Crippen LogP contribution < -0.4 is 5.32 Å². The fourth-order valence-electron chi connectivity index (χ4n) is 2.30. The van der Waals surface area contributed by atoms with Gasteiger partial charge >= 0.3 is 5.97 Å². The molecule has 0 aliphatic rings. The lowest BCUT2D eigenvalue weighted by atomic mass is 10.1. The van der Waals surface area contributed by atoms with Gasteiger partial charge in [-0.15, -0.1) is 0 Å². The molecule has 1 amide bonds. The van der Waals surface area contributed by atoms with Gasteiger partial charge in [0, 0.05) is 18.2 Å². The van der Waals surface area contributed by atoms with E-state index in [1.165, 1.54) is 37.3 Å². The summed E-state index contributed by atoms with van der Waals surface area (Å²) in [7, 11) is 0. The van der Waals surface area contributed by atoms with Crippen molar-refractivity contribution in [3.8, 4) is 0 Å². The van der Waals surface area contributed by atoms with E-state index in [-0.39, 0.29) is 22.6 Å². The summed E-state index contributed by atoms with van der Waals surface area (Å²) in [5, 5.41) is 13.5. The number of nitrogens with zero attached hydrogens (tertiary/aromatic N) is 1. The van der Waals surface area contributed by atoms with Crippen LogP contribution in [0.5, 0.6) is 0 Å². The van der Waals surface area contributed by atoms with Crippen molar-refractivity contribution in [2.45, 2.75) is 13.3 Å². The predicted molar refractivity (Wildman–Crippen MR) is 91.2 cm³/mol. The SMILES string of the molecule is Cc1c(C(=O)OCC(=O)NCCc2ccc(F)cc2)cccc1[N+](=O)[O-]. The minimum Gasteiger partial charge on any atom is -0.452 e. The second kappa shape index (κ2) is 8.70. The lowest BCUT2D eigenvalue weighted by Gasteiger charge is -2.08. The van der Waals surface area contributed by atoms with Crippen LogP contribution >= 0.6 is 0 Å². The van der Waals surface area contributed by atoms with Gasteiger partial charge in [0.05, 0.1) is 10.5 Å². The minimum atomic E-state index is -0.806. The summed E-state index contributed by atoms with van der Waals surface area (Å²) in [5.41, 5.74) is 0.886. The molecule has 0 unspecified atom stereocenters. The average molecular weight is 360 g/mol. The van der Waals surface area contributed by atoms with E-state index in [1.807, 2.05) is 0 Å². The van der Waals surface area contributed by atoms with E-state index < -0.39 is 23.4 Å². The number of amides is 1. The molecule has 136 valence electrons. The van der Waals surface area contributed by atoms with E-state index in [4.69, 9.17) is 4.74 Å². The van der Waals surface area contributed by atoms with Crippen molar-refractivity contribution < 1.29 is 23.6 Å². The second-order valence-electron chi connectivity index (χ2n) is 5.51. The molecule has 1 N–H and O–H groups in total. The lowest BCUT2D eigenvalue weighted by molar-refractivity contribution is -0.385. The molecule has 0 fully saturated rings. The standard InChI is InChI=1S/C18H17FN2O5/c1-12-15(3-2-4-16(12)21(24)25)18(23)26-11-17(22)20-10-9-13-5-7-14(19)8-6-13/h2-8H,9-11H2,1H3,(H,20,22). The molecule has 0 saturated heterocycles. The normalized spacial score (nSPS) is 10.2. The Morgan fingerprint density at radius 1 is 1.19 bits per heavy atom. The molecule has 0 bridgehead atoms. The molecule has 0 heterocycles. The average Bonchev–Trinajstić information content (AvgIpc) is 2.61. The molecular formula is C18H17FN2O5. The monoisotopic (exact) mass is 360 g/mol. The summed E-state index contributed by atoms with van der Waals surface area (Å²) < 4.78 is 17.7. The molecular weight excluding hydrogens is 343 g/mol. The summed E-state index contributed by atoms with van der Waals surface area (Å²) in [6.07, 6.45) is 0.504. The fraction of sp³-hybridized carbons (Fsp3) is 0.222. The Balaban J connectivity index is 1.81. The first-order valence-corrected chi connectivity index (χ1v) is 7.80. The van der Waals surface area contributed by atoms with Gasteiger partial charge < -0.3 is 10.1 Å². The Labute approximate surface area is 148 Å². The Kier molecular flexibility index (Phi) is 6.37. The van der Waals surface area contributed by atoms with Crippen LogP contribution in [-0.4, -0.2) is 30.0 Å². The number of esters is 1. The minimum absolute atomic E-state index is 0.0401. The zero-order valence-electron chi connectivity index (χ0n) is 14.0. The summed E-state index contributed by atoms with van der Waals surface area (Å²) >= 11 is 0. The highest BCUT2D eigenvalue weighted by Gasteiger charge is 2.19. The third kappa shape index (κ3) is 5.10. The first kappa shape index (κ1) is 19.0. The molecule has 0 atom stereocenters. The van der Waals surface area contributed by atoms with Gasteiger partial charge in [0.2, 0.25) is 0 Å². The molecule has 2 aromatic carbocycles. The first-order valence-electron chi connectivity index (χ1n) is 7.80. The fourth-order valence-corrected chi connectivity index (χ4v) is 2.30. The third-order valence-electron chi connectivity index (χ3n) is 3.71. The highest BCUT2D eigenvalue weighted by atomic mass is 19.1. The Bertz CT molecular complexity index is 821. The number of nitrogens with one attached hydrogen (secondary N) is 1. The van der Waals surface area contributed by atoms with Crippen LogP contribution in [0.4, 0.5) is 10.1 Å². The number of carbonyl (C=O) groups excluding carboxylic acids is 2. The van der Waals surface area contributed by atoms with Crippen molar-refractivity contribution in [1.82, 2.24) is 5.32 Å². The van der Waals surface area contributed by atoms with Gasteiger partial charge in [-0.1, -0.05) is 18.2 Å². The highest BCUT2D eigenvalue weighted by molar-refractivity contribution is 5.93. The number of hydrogen-bond acceptors (Lipinski definition) is 5. The van der Waals surface area contributed by atoms with E-state index >= 15 is 0 Å². The van der Waals surface area contributed by atoms with Crippen molar-refractivity contribution in [2.75, 3.05) is 13.2 Å². The number of halogens is 1. The van der Waals surface area contributed by atoms with E-state index in [1.54, 1.807) is 12.1 Å². The van der Waals surface area contributed by atoms with Crippen LogP contribution in [0.1, 0.15) is 21.5 Å². The van der Waals surface area contributed by atoms with E-state index in [0.717, 1.165) is 5.56 Å². The highest BCUT2D eigenvalue weighted by Crippen LogP contribution is 2.21. The molecule has 0 saturated carbocycles. The van der Waals surface area contributed by atoms with Gasteiger partial charge in [0.15, 0.2) is 6.61 Å². The van der Waals surface area contributed by atoms with Gasteiger partial charge in [-0.25, -0.2) is 9.18 Å². The van der Waals surface area contributed by atoms with E-state index in [2.05, 4.69) is 5.32 Å². The van der Waals surface area contributed by atoms with E-state index in [0.29, 0.717) is 13.0 Å². The van der Waals surface area contributed by atoms with Crippen LogP contribution in [0.2, 0.25) is 0 Å². The molecule has 2 rings (SSSR count). The molecule has 7 nitrogen and oxygen atoms in total. The summed E-state index contributed by atoms with van der Waals surface area (Å²) in [5.74, 6) is -1.63. The molecule has 0 spiro atoms. The molecule has 26 heavy (non-hydrogen) atoms. The van der Waals surface area contributed by atoms with Crippen molar-refractivity contribution in [3.05, 3.63) is 75.1 Å². The first-order chi connectivity index (χ1) is 12.4. The number of benzene rings is 2. The van der Waals surface area contributed by atoms with Crippen molar-refractivity contribution in [2.24, 2.45) is 0 Å². The molecule has 8 heteroatoms. The zero-order valence-corrected chi connectivity index (χ0v) is 14.0. The summed E-state index contributed by atoms with van der Waals surface area (Å²) in [6.45, 7) is 1.25. The lowest BCUT2D eigenvalue weighted by Crippen LogP contribution is -2.30. The molecule has 0 radical (unpaired) electrons. The Morgan fingerprint density at radius 3 is 2.54 bits per heavy atom. The maximum absolute atomic E-state index is 12.8. The number of rotatable bonds is 7. The maximum Gasteiger partial charge on any atom is 0.339 e. The number of nitro groups is 1. The van der Waals surface area contributed by atoms with Gasteiger partial charge in [0.25, 0.3) is 11.6 Å². The van der Waals surface area contributed by atoms with Gasteiger partial charge in [-0.2, -0.15) is 0 Å². The molecule has 0 aliphatic heterocycles. The quantitative estimate of drug-likeness (QED) is 0.465. The summed E-state index contributed by atoms with van der Waals surface area (Å²) in [4.78, 5) is 34.0. The van der Waals surface area contributed by atoms with Crippen LogP contribution in [0, 0.1) is 22.9 Å². The Morgan fingerprint density at radius 2 is 1.88 bits per heavy atom. The number of hydrogen-bond donors (Lipinski definition) is 1.